The highest BCUT2D eigenvalue weighted by atomic mass is 32.1. The van der Waals surface area contributed by atoms with Crippen LogP contribution in [0.1, 0.15) is 12.8 Å². The Morgan fingerprint density at radius 2 is 2.00 bits per heavy atom. The van der Waals surface area contributed by atoms with Gasteiger partial charge in [0.1, 0.15) is 0 Å². The molecule has 0 amide bonds. The first-order valence-electron chi connectivity index (χ1n) is 4.06. The molecule has 66 valence electrons. The summed E-state index contributed by atoms with van der Waals surface area (Å²) in [6.07, 6.45) is 2.27. The second-order valence-corrected chi connectivity index (χ2v) is 3.75. The number of nitrogens with zero attached hydrogens (tertiary/aromatic N) is 3. The topological polar surface area (TPSA) is 39.3 Å². The van der Waals surface area contributed by atoms with Gasteiger partial charge < -0.3 is 0 Å². The lowest BCUT2D eigenvalue weighted by molar-refractivity contribution is 0.345. The van der Waals surface area contributed by atoms with E-state index in [1.54, 1.807) is 11.7 Å². The van der Waals surface area contributed by atoms with Crippen molar-refractivity contribution in [3.05, 3.63) is 14.5 Å². The average Bonchev–Trinajstić information content (AvgIpc) is 2.44. The smallest absolute Gasteiger partial charge is 0.261 e. The molecule has 0 saturated carbocycles. The van der Waals surface area contributed by atoms with Crippen LogP contribution >= 0.6 is 11.3 Å². The summed E-state index contributed by atoms with van der Waals surface area (Å²) in [6.45, 7) is 1.79. The lowest BCUT2D eigenvalue weighted by Gasteiger charge is -2.15. The van der Waals surface area contributed by atoms with Gasteiger partial charge in [-0.05, 0) is 24.2 Å². The minimum Gasteiger partial charge on any atom is -0.261 e. The van der Waals surface area contributed by atoms with E-state index in [1.165, 1.54) is 11.3 Å². The van der Waals surface area contributed by atoms with Gasteiger partial charge in [-0.2, -0.15) is 0 Å². The van der Waals surface area contributed by atoms with Gasteiger partial charge in [-0.1, -0.05) is 0 Å². The van der Waals surface area contributed by atoms with Gasteiger partial charge in [0.25, 0.3) is 0 Å². The molecule has 2 heterocycles. The van der Waals surface area contributed by atoms with Crippen LogP contribution < -0.4 is 9.67 Å². The lowest BCUT2D eigenvalue weighted by atomic mass is 10.3. The summed E-state index contributed by atoms with van der Waals surface area (Å²) in [6, 6.07) is 0. The largest absolute Gasteiger partial charge is 0.325 e. The molecular weight excluding hydrogens is 174 g/mol. The molecule has 12 heavy (non-hydrogen) atoms. The Bertz CT molecular complexity index is 398. The van der Waals surface area contributed by atoms with Crippen molar-refractivity contribution < 1.29 is 0 Å². The summed E-state index contributed by atoms with van der Waals surface area (Å²) >= 11 is 1.23. The van der Waals surface area contributed by atoms with Gasteiger partial charge >= 0.3 is 4.87 Å². The molecule has 4 nitrogen and oxygen atoms in total. The number of aromatic nitrogens is 2. The lowest BCUT2D eigenvalue weighted by Crippen LogP contribution is -2.31. The maximum absolute atomic E-state index is 11.3. The van der Waals surface area contributed by atoms with Gasteiger partial charge in [0, 0.05) is 20.1 Å². The molecular formula is C7H11N3OS. The predicted octanol–water partition coefficient (Wildman–Crippen LogP) is 0.0356. The van der Waals surface area contributed by atoms with Crippen molar-refractivity contribution in [1.29, 1.82) is 0 Å². The van der Waals surface area contributed by atoms with Gasteiger partial charge in [-0.25, -0.2) is 4.68 Å². The molecule has 2 rings (SSSR count). The van der Waals surface area contributed by atoms with Crippen LogP contribution in [0.15, 0.2) is 9.79 Å². The maximum Gasteiger partial charge on any atom is 0.325 e. The Labute approximate surface area is 73.8 Å². The first-order valence-corrected chi connectivity index (χ1v) is 4.88. The Morgan fingerprint density at radius 3 is 2.67 bits per heavy atom. The Hall–Kier alpha value is -0.840. The Kier molecular flexibility index (Phi) is 1.88. The van der Waals surface area contributed by atoms with Crippen molar-refractivity contribution in [1.82, 2.24) is 9.36 Å². The first kappa shape index (κ1) is 7.79. The van der Waals surface area contributed by atoms with E-state index in [1.807, 2.05) is 4.68 Å². The van der Waals surface area contributed by atoms with E-state index in [9.17, 15) is 4.79 Å². The molecule has 1 aliphatic heterocycles. The minimum atomic E-state index is 0.121. The molecule has 0 unspecified atom stereocenters. The van der Waals surface area contributed by atoms with Crippen LogP contribution in [0.25, 0.3) is 0 Å². The molecule has 0 radical (unpaired) electrons. The summed E-state index contributed by atoms with van der Waals surface area (Å²) in [5, 5.41) is 0. The van der Waals surface area contributed by atoms with Crippen LogP contribution in [0.3, 0.4) is 0 Å². The number of rotatable bonds is 0. The summed E-state index contributed by atoms with van der Waals surface area (Å²) in [7, 11) is 1.73. The van der Waals surface area contributed by atoms with Crippen molar-refractivity contribution in [2.45, 2.75) is 25.9 Å². The second kappa shape index (κ2) is 2.90. The molecule has 0 N–H and O–H groups in total. The fourth-order valence-corrected chi connectivity index (χ4v) is 2.34. The molecule has 0 bridgehead atoms. The molecule has 0 fully saturated rings. The fraction of sp³-hybridized carbons (Fsp3) is 0.714. The Morgan fingerprint density at radius 1 is 1.33 bits per heavy atom. The number of fused-ring (bicyclic) bond motifs is 1. The zero-order chi connectivity index (χ0) is 8.55. The second-order valence-electron chi connectivity index (χ2n) is 2.83. The number of hydrogen-bond donors (Lipinski definition) is 0. The van der Waals surface area contributed by atoms with Crippen molar-refractivity contribution in [2.75, 3.05) is 7.05 Å². The maximum atomic E-state index is 11.3. The molecule has 1 aromatic heterocycles. The van der Waals surface area contributed by atoms with Gasteiger partial charge in [-0.3, -0.25) is 14.5 Å². The van der Waals surface area contributed by atoms with E-state index in [0.717, 1.165) is 30.7 Å². The van der Waals surface area contributed by atoms with Crippen LogP contribution in [0, 0.1) is 0 Å². The SMILES string of the molecule is C/N=c1/sc(=O)n2n1CCCC2. The Balaban J connectivity index is 2.70. The normalized spacial score (nSPS) is 17.9. The molecule has 1 aliphatic rings. The van der Waals surface area contributed by atoms with Gasteiger partial charge in [0.15, 0.2) is 0 Å². The van der Waals surface area contributed by atoms with Crippen molar-refractivity contribution in [3.8, 4) is 0 Å². The summed E-state index contributed by atoms with van der Waals surface area (Å²) < 4.78 is 3.77. The van der Waals surface area contributed by atoms with E-state index in [4.69, 9.17) is 0 Å². The van der Waals surface area contributed by atoms with Crippen molar-refractivity contribution in [3.63, 3.8) is 0 Å². The standard InChI is InChI=1S/C7H11N3OS/c1-8-6-9-4-2-3-5-10(9)7(11)12-6/h2-5H2,1H3/b8-6+. The van der Waals surface area contributed by atoms with Crippen LogP contribution in [0.5, 0.6) is 0 Å². The van der Waals surface area contributed by atoms with Gasteiger partial charge in [0.05, 0.1) is 0 Å². The summed E-state index contributed by atoms with van der Waals surface area (Å²) in [4.78, 5) is 16.4. The quantitative estimate of drug-likeness (QED) is 0.562. The number of hydrogen-bond acceptors (Lipinski definition) is 3. The zero-order valence-electron chi connectivity index (χ0n) is 6.99. The van der Waals surface area contributed by atoms with Crippen molar-refractivity contribution in [2.24, 2.45) is 4.99 Å². The molecule has 0 spiro atoms. The van der Waals surface area contributed by atoms with Gasteiger partial charge in [-0.15, -0.1) is 0 Å². The summed E-state index contributed by atoms with van der Waals surface area (Å²) in [5.74, 6) is 0. The zero-order valence-corrected chi connectivity index (χ0v) is 7.80. The third-order valence-electron chi connectivity index (χ3n) is 2.08. The molecule has 1 aromatic rings. The molecule has 5 heteroatoms. The first-order chi connectivity index (χ1) is 5.83. The van der Waals surface area contributed by atoms with E-state index in [0.29, 0.717) is 0 Å². The summed E-state index contributed by atoms with van der Waals surface area (Å²) in [5.41, 5.74) is 0. The average molecular weight is 185 g/mol. The predicted molar refractivity (Wildman–Crippen MR) is 47.3 cm³/mol. The molecule has 0 atom stereocenters. The molecule has 0 saturated heterocycles. The van der Waals surface area contributed by atoms with Crippen LogP contribution in [-0.4, -0.2) is 16.4 Å². The minimum absolute atomic E-state index is 0.121. The van der Waals surface area contributed by atoms with Gasteiger partial charge in [0.2, 0.25) is 4.80 Å². The highest BCUT2D eigenvalue weighted by Crippen LogP contribution is 2.02. The van der Waals surface area contributed by atoms with E-state index in [2.05, 4.69) is 4.99 Å². The van der Waals surface area contributed by atoms with Crippen LogP contribution in [-0.2, 0) is 13.1 Å². The molecule has 0 aromatic carbocycles. The third-order valence-corrected chi connectivity index (χ3v) is 3.04. The van der Waals surface area contributed by atoms with E-state index in [-0.39, 0.29) is 4.87 Å². The highest BCUT2D eigenvalue weighted by molar-refractivity contribution is 7.06. The van der Waals surface area contributed by atoms with Crippen LogP contribution in [0.4, 0.5) is 0 Å². The van der Waals surface area contributed by atoms with E-state index >= 15 is 0 Å². The third kappa shape index (κ3) is 1.04. The molecule has 0 aliphatic carbocycles. The van der Waals surface area contributed by atoms with E-state index < -0.39 is 0 Å². The van der Waals surface area contributed by atoms with Crippen molar-refractivity contribution >= 4 is 11.3 Å². The van der Waals surface area contributed by atoms with Crippen LogP contribution in [0.2, 0.25) is 0 Å². The monoisotopic (exact) mass is 185 g/mol. The highest BCUT2D eigenvalue weighted by Gasteiger charge is 2.11. The fourth-order valence-electron chi connectivity index (χ4n) is 1.50.